The van der Waals surface area contributed by atoms with Crippen molar-refractivity contribution >= 4 is 35.8 Å². The van der Waals surface area contributed by atoms with Gasteiger partial charge in [-0.15, -0.1) is 24.2 Å². The molecule has 1 aliphatic heterocycles. The number of halogens is 1. The van der Waals surface area contributed by atoms with Gasteiger partial charge in [-0.2, -0.15) is 0 Å². The molecular formula is C10H13ClN2OS. The summed E-state index contributed by atoms with van der Waals surface area (Å²) in [4.78, 5) is 11.6. The predicted octanol–water partition coefficient (Wildman–Crippen LogP) is 1.71. The van der Waals surface area contributed by atoms with Crippen molar-refractivity contribution in [3.63, 3.8) is 0 Å². The number of carbonyl (C=O) groups is 1. The van der Waals surface area contributed by atoms with Crippen LogP contribution in [-0.4, -0.2) is 23.6 Å². The van der Waals surface area contributed by atoms with Gasteiger partial charge in [-0.3, -0.25) is 10.1 Å². The third-order valence-corrected chi connectivity index (χ3v) is 3.01. The van der Waals surface area contributed by atoms with Gasteiger partial charge in [0.15, 0.2) is 0 Å². The molecule has 1 atom stereocenters. The Balaban J connectivity index is 0.00000112. The summed E-state index contributed by atoms with van der Waals surface area (Å²) in [5.74, 6) is 1.78. The number of amides is 1. The van der Waals surface area contributed by atoms with Gasteiger partial charge in [-0.1, -0.05) is 18.2 Å². The van der Waals surface area contributed by atoms with Crippen molar-refractivity contribution in [3.8, 4) is 0 Å². The van der Waals surface area contributed by atoms with Gasteiger partial charge in [0.1, 0.15) is 0 Å². The molecule has 2 rings (SSSR count). The van der Waals surface area contributed by atoms with Crippen LogP contribution in [0.4, 0.5) is 5.69 Å². The molecule has 1 amide bonds. The van der Waals surface area contributed by atoms with E-state index in [4.69, 9.17) is 0 Å². The molecular weight excluding hydrogens is 232 g/mol. The molecule has 1 heterocycles. The first kappa shape index (κ1) is 12.4. The van der Waals surface area contributed by atoms with Gasteiger partial charge in [-0.05, 0) is 12.1 Å². The SMILES string of the molecule is Cl.O=C(Nc1ccccc1)[C@H]1CSCN1. The van der Waals surface area contributed by atoms with Gasteiger partial charge in [-0.25, -0.2) is 0 Å². The average molecular weight is 245 g/mol. The number of benzene rings is 1. The molecule has 1 fully saturated rings. The van der Waals surface area contributed by atoms with Gasteiger partial charge in [0.2, 0.25) is 5.91 Å². The highest BCUT2D eigenvalue weighted by Crippen LogP contribution is 2.12. The minimum atomic E-state index is -0.0415. The lowest BCUT2D eigenvalue weighted by atomic mass is 10.3. The number of para-hydroxylation sites is 1. The van der Waals surface area contributed by atoms with Gasteiger partial charge < -0.3 is 5.32 Å². The summed E-state index contributed by atoms with van der Waals surface area (Å²) in [7, 11) is 0. The Morgan fingerprint density at radius 1 is 1.40 bits per heavy atom. The molecule has 1 aliphatic rings. The largest absolute Gasteiger partial charge is 0.325 e. The molecule has 0 saturated carbocycles. The summed E-state index contributed by atoms with van der Waals surface area (Å²) < 4.78 is 0. The summed E-state index contributed by atoms with van der Waals surface area (Å²) in [6, 6.07) is 9.48. The zero-order valence-electron chi connectivity index (χ0n) is 8.10. The molecule has 0 bridgehead atoms. The zero-order valence-corrected chi connectivity index (χ0v) is 9.74. The lowest BCUT2D eigenvalue weighted by Gasteiger charge is -2.09. The van der Waals surface area contributed by atoms with Crippen LogP contribution in [0.5, 0.6) is 0 Å². The minimum Gasteiger partial charge on any atom is -0.325 e. The van der Waals surface area contributed by atoms with Crippen molar-refractivity contribution in [1.82, 2.24) is 5.32 Å². The van der Waals surface area contributed by atoms with Gasteiger partial charge in [0.05, 0.1) is 6.04 Å². The normalized spacial score (nSPS) is 19.3. The van der Waals surface area contributed by atoms with E-state index in [0.717, 1.165) is 17.3 Å². The van der Waals surface area contributed by atoms with E-state index in [1.807, 2.05) is 30.3 Å². The van der Waals surface area contributed by atoms with E-state index in [0.29, 0.717) is 0 Å². The van der Waals surface area contributed by atoms with Gasteiger partial charge in [0, 0.05) is 17.3 Å². The second kappa shape index (κ2) is 6.00. The molecule has 0 aromatic heterocycles. The summed E-state index contributed by atoms with van der Waals surface area (Å²) in [5.41, 5.74) is 0.858. The Bertz CT molecular complexity index is 314. The van der Waals surface area contributed by atoms with E-state index in [-0.39, 0.29) is 24.4 Å². The van der Waals surface area contributed by atoms with E-state index in [9.17, 15) is 4.79 Å². The van der Waals surface area contributed by atoms with Gasteiger partial charge >= 0.3 is 0 Å². The Hall–Kier alpha value is -0.710. The topological polar surface area (TPSA) is 41.1 Å². The molecule has 1 aromatic carbocycles. The van der Waals surface area contributed by atoms with E-state index in [2.05, 4.69) is 10.6 Å². The van der Waals surface area contributed by atoms with E-state index in [1.54, 1.807) is 11.8 Å². The zero-order chi connectivity index (χ0) is 9.80. The third kappa shape index (κ3) is 3.41. The second-order valence-electron chi connectivity index (χ2n) is 3.13. The number of thioether (sulfide) groups is 1. The van der Waals surface area contributed by atoms with E-state index < -0.39 is 0 Å². The first-order chi connectivity index (χ1) is 6.86. The number of carbonyl (C=O) groups excluding carboxylic acids is 1. The number of hydrogen-bond donors (Lipinski definition) is 2. The van der Waals surface area contributed by atoms with Crippen LogP contribution in [0.25, 0.3) is 0 Å². The van der Waals surface area contributed by atoms with Crippen molar-refractivity contribution in [1.29, 1.82) is 0 Å². The van der Waals surface area contributed by atoms with Crippen LogP contribution in [0.15, 0.2) is 30.3 Å². The highest BCUT2D eigenvalue weighted by Gasteiger charge is 2.22. The second-order valence-corrected chi connectivity index (χ2v) is 4.16. The highest BCUT2D eigenvalue weighted by atomic mass is 35.5. The Morgan fingerprint density at radius 2 is 2.13 bits per heavy atom. The summed E-state index contributed by atoms with van der Waals surface area (Å²) in [5, 5.41) is 6.00. The molecule has 0 unspecified atom stereocenters. The molecule has 0 spiro atoms. The lowest BCUT2D eigenvalue weighted by molar-refractivity contribution is -0.117. The third-order valence-electron chi connectivity index (χ3n) is 2.07. The van der Waals surface area contributed by atoms with E-state index >= 15 is 0 Å². The van der Waals surface area contributed by atoms with Crippen LogP contribution in [0.3, 0.4) is 0 Å². The van der Waals surface area contributed by atoms with Crippen molar-refractivity contribution in [2.75, 3.05) is 16.9 Å². The van der Waals surface area contributed by atoms with Crippen molar-refractivity contribution in [3.05, 3.63) is 30.3 Å². The van der Waals surface area contributed by atoms with Crippen LogP contribution in [0.2, 0.25) is 0 Å². The Morgan fingerprint density at radius 3 is 2.73 bits per heavy atom. The lowest BCUT2D eigenvalue weighted by Crippen LogP contribution is -2.37. The molecule has 2 N–H and O–H groups in total. The molecule has 82 valence electrons. The molecule has 15 heavy (non-hydrogen) atoms. The maximum absolute atomic E-state index is 11.6. The number of rotatable bonds is 2. The van der Waals surface area contributed by atoms with Crippen molar-refractivity contribution in [2.45, 2.75) is 6.04 Å². The quantitative estimate of drug-likeness (QED) is 0.832. The summed E-state index contributed by atoms with van der Waals surface area (Å²) >= 11 is 1.75. The fraction of sp³-hybridized carbons (Fsp3) is 0.300. The summed E-state index contributed by atoms with van der Waals surface area (Å²) in [6.45, 7) is 0. The number of anilines is 1. The molecule has 1 saturated heterocycles. The van der Waals surface area contributed by atoms with E-state index in [1.165, 1.54) is 0 Å². The van der Waals surface area contributed by atoms with Crippen LogP contribution < -0.4 is 10.6 Å². The maximum atomic E-state index is 11.6. The summed E-state index contributed by atoms with van der Waals surface area (Å²) in [6.07, 6.45) is 0. The number of hydrogen-bond acceptors (Lipinski definition) is 3. The van der Waals surface area contributed by atoms with Crippen molar-refractivity contribution < 1.29 is 4.79 Å². The fourth-order valence-corrected chi connectivity index (χ4v) is 2.26. The first-order valence-electron chi connectivity index (χ1n) is 4.53. The maximum Gasteiger partial charge on any atom is 0.242 e. The molecule has 5 heteroatoms. The van der Waals surface area contributed by atoms with Crippen LogP contribution in [-0.2, 0) is 4.79 Å². The average Bonchev–Trinajstić information content (AvgIpc) is 2.72. The smallest absolute Gasteiger partial charge is 0.242 e. The molecule has 0 aliphatic carbocycles. The van der Waals surface area contributed by atoms with Crippen LogP contribution in [0, 0.1) is 0 Å². The van der Waals surface area contributed by atoms with Gasteiger partial charge in [0.25, 0.3) is 0 Å². The monoisotopic (exact) mass is 244 g/mol. The van der Waals surface area contributed by atoms with Crippen LogP contribution in [0.1, 0.15) is 0 Å². The molecule has 0 radical (unpaired) electrons. The Kier molecular flexibility index (Phi) is 4.94. The standard InChI is InChI=1S/C10H12N2OS.ClH/c13-10(9-6-14-7-11-9)12-8-4-2-1-3-5-8;/h1-5,9,11H,6-7H2,(H,12,13);1H/t9-;/m1./s1. The number of nitrogens with one attached hydrogen (secondary N) is 2. The van der Waals surface area contributed by atoms with Crippen LogP contribution >= 0.6 is 24.2 Å². The fourth-order valence-electron chi connectivity index (χ4n) is 1.31. The first-order valence-corrected chi connectivity index (χ1v) is 5.69. The highest BCUT2D eigenvalue weighted by molar-refractivity contribution is 7.99. The molecule has 3 nitrogen and oxygen atoms in total. The van der Waals surface area contributed by atoms with Crippen molar-refractivity contribution in [2.24, 2.45) is 0 Å². The Labute approximate surface area is 99.4 Å². The minimum absolute atomic E-state index is 0. The molecule has 1 aromatic rings. The predicted molar refractivity (Wildman–Crippen MR) is 66.6 cm³/mol.